The summed E-state index contributed by atoms with van der Waals surface area (Å²) in [5, 5.41) is 13.2. The molecule has 1 unspecified atom stereocenters. The lowest BCUT2D eigenvalue weighted by atomic mass is 9.92. The highest BCUT2D eigenvalue weighted by Crippen LogP contribution is 2.23. The number of hydrogen-bond acceptors (Lipinski definition) is 4. The Labute approximate surface area is 134 Å². The monoisotopic (exact) mass is 306 g/mol. The zero-order valence-corrected chi connectivity index (χ0v) is 14.1. The van der Waals surface area contributed by atoms with Crippen molar-refractivity contribution in [1.82, 2.24) is 10.2 Å². The highest BCUT2D eigenvalue weighted by Gasteiger charge is 2.20. The Hall–Kier alpha value is -1.10. The Balaban J connectivity index is 1.79. The maximum atomic E-state index is 9.57. The van der Waals surface area contributed by atoms with E-state index in [2.05, 4.69) is 29.3 Å². The lowest BCUT2D eigenvalue weighted by Gasteiger charge is -2.29. The molecular weight excluding hydrogens is 276 g/mol. The Bertz CT molecular complexity index is 425. The number of hydrogen-bond donors (Lipinski definition) is 2. The molecule has 0 spiro atoms. The van der Waals surface area contributed by atoms with E-state index in [4.69, 9.17) is 4.74 Å². The van der Waals surface area contributed by atoms with Crippen LogP contribution in [0, 0.1) is 0 Å². The van der Waals surface area contributed by atoms with Crippen LogP contribution < -0.4 is 10.1 Å². The highest BCUT2D eigenvalue weighted by atomic mass is 16.5. The lowest BCUT2D eigenvalue weighted by molar-refractivity contribution is 0.114. The van der Waals surface area contributed by atoms with E-state index in [-0.39, 0.29) is 6.10 Å². The van der Waals surface area contributed by atoms with Gasteiger partial charge in [-0.15, -0.1) is 0 Å². The number of aliphatic hydroxyl groups is 1. The van der Waals surface area contributed by atoms with Crippen LogP contribution in [0.25, 0.3) is 0 Å². The maximum Gasteiger partial charge on any atom is 0.119 e. The third kappa shape index (κ3) is 5.59. The minimum absolute atomic E-state index is 0.0908. The van der Waals surface area contributed by atoms with E-state index in [0.717, 1.165) is 38.0 Å². The largest absolute Gasteiger partial charge is 0.492 e. The molecule has 0 bridgehead atoms. The smallest absolute Gasteiger partial charge is 0.119 e. The van der Waals surface area contributed by atoms with Crippen LogP contribution in [-0.2, 0) is 0 Å². The summed E-state index contributed by atoms with van der Waals surface area (Å²) in [4.78, 5) is 2.11. The molecule has 1 aromatic rings. The van der Waals surface area contributed by atoms with E-state index >= 15 is 0 Å². The number of likely N-dealkylation sites (N-methyl/N-ethyl adjacent to an activating group) is 1. The van der Waals surface area contributed by atoms with Crippen molar-refractivity contribution in [2.75, 3.05) is 27.2 Å². The summed E-state index contributed by atoms with van der Waals surface area (Å²) < 4.78 is 5.72. The fraction of sp³-hybridized carbons (Fsp3) is 0.667. The zero-order chi connectivity index (χ0) is 15.9. The van der Waals surface area contributed by atoms with E-state index in [1.165, 1.54) is 5.56 Å². The van der Waals surface area contributed by atoms with Crippen molar-refractivity contribution in [2.24, 2.45) is 0 Å². The van der Waals surface area contributed by atoms with Crippen LogP contribution in [0.4, 0.5) is 0 Å². The van der Waals surface area contributed by atoms with Crippen LogP contribution >= 0.6 is 0 Å². The number of ether oxygens (including phenoxy) is 1. The van der Waals surface area contributed by atoms with Crippen molar-refractivity contribution in [3.05, 3.63) is 29.8 Å². The van der Waals surface area contributed by atoms with Crippen LogP contribution in [0.1, 0.15) is 44.2 Å². The Kier molecular flexibility index (Phi) is 6.68. The van der Waals surface area contributed by atoms with Crippen LogP contribution in [-0.4, -0.2) is 49.4 Å². The van der Waals surface area contributed by atoms with Gasteiger partial charge in [0.15, 0.2) is 0 Å². The normalized spacial score (nSPS) is 23.5. The van der Waals surface area contributed by atoms with Crippen LogP contribution in [0.5, 0.6) is 5.75 Å². The number of benzene rings is 1. The van der Waals surface area contributed by atoms with E-state index < -0.39 is 0 Å². The second kappa shape index (κ2) is 8.51. The third-order valence-electron chi connectivity index (χ3n) is 4.37. The molecule has 1 atom stereocenters. The molecule has 0 radical (unpaired) electrons. The summed E-state index contributed by atoms with van der Waals surface area (Å²) in [6.45, 7) is 3.84. The van der Waals surface area contributed by atoms with Gasteiger partial charge in [-0.25, -0.2) is 0 Å². The molecular formula is C18H30N2O2. The summed E-state index contributed by atoms with van der Waals surface area (Å²) in [5.41, 5.74) is 1.28. The van der Waals surface area contributed by atoms with Gasteiger partial charge in [0.2, 0.25) is 0 Å². The molecule has 124 valence electrons. The average molecular weight is 306 g/mol. The molecule has 0 saturated heterocycles. The molecule has 0 aromatic heterocycles. The van der Waals surface area contributed by atoms with Crippen molar-refractivity contribution in [2.45, 2.75) is 50.8 Å². The standard InChI is InChI=1S/C18H30N2O2/c1-14(19-16-6-8-17(21)9-7-16)15-4-10-18(11-5-15)22-13-12-20(2)3/h4-5,10-11,14,16-17,19,21H,6-9,12-13H2,1-3H3. The average Bonchev–Trinajstić information content (AvgIpc) is 2.50. The maximum absolute atomic E-state index is 9.57. The van der Waals surface area contributed by atoms with Crippen LogP contribution in [0.3, 0.4) is 0 Å². The van der Waals surface area contributed by atoms with E-state index in [9.17, 15) is 5.11 Å². The van der Waals surface area contributed by atoms with Crippen molar-refractivity contribution in [3.63, 3.8) is 0 Å². The molecule has 0 heterocycles. The molecule has 0 aliphatic heterocycles. The van der Waals surface area contributed by atoms with Gasteiger partial charge < -0.3 is 20.1 Å². The Morgan fingerprint density at radius 1 is 1.18 bits per heavy atom. The molecule has 1 fully saturated rings. The fourth-order valence-electron chi connectivity index (χ4n) is 2.89. The number of nitrogens with one attached hydrogen (secondary N) is 1. The zero-order valence-electron chi connectivity index (χ0n) is 14.1. The molecule has 2 N–H and O–H groups in total. The summed E-state index contributed by atoms with van der Waals surface area (Å²) in [6, 6.07) is 9.23. The van der Waals surface area contributed by atoms with Crippen molar-refractivity contribution in [1.29, 1.82) is 0 Å². The van der Waals surface area contributed by atoms with E-state index in [1.807, 2.05) is 26.2 Å². The molecule has 2 rings (SSSR count). The van der Waals surface area contributed by atoms with E-state index in [1.54, 1.807) is 0 Å². The minimum Gasteiger partial charge on any atom is -0.492 e. The molecule has 0 amide bonds. The lowest BCUT2D eigenvalue weighted by Crippen LogP contribution is -2.36. The van der Waals surface area contributed by atoms with Gasteiger partial charge in [0.1, 0.15) is 12.4 Å². The predicted octanol–water partition coefficient (Wildman–Crippen LogP) is 2.58. The first-order valence-corrected chi connectivity index (χ1v) is 8.36. The summed E-state index contributed by atoms with van der Waals surface area (Å²) in [5.74, 6) is 0.929. The van der Waals surface area contributed by atoms with Gasteiger partial charge >= 0.3 is 0 Å². The van der Waals surface area contributed by atoms with Gasteiger partial charge in [-0.2, -0.15) is 0 Å². The topological polar surface area (TPSA) is 44.7 Å². The van der Waals surface area contributed by atoms with Crippen molar-refractivity contribution in [3.8, 4) is 5.75 Å². The second-order valence-electron chi connectivity index (χ2n) is 6.61. The SMILES string of the molecule is CC(NC1CCC(O)CC1)c1ccc(OCCN(C)C)cc1. The predicted molar refractivity (Wildman–Crippen MR) is 90.3 cm³/mol. The summed E-state index contributed by atoms with van der Waals surface area (Å²) in [7, 11) is 4.09. The van der Waals surface area contributed by atoms with Crippen LogP contribution in [0.15, 0.2) is 24.3 Å². The molecule has 1 saturated carbocycles. The first-order valence-electron chi connectivity index (χ1n) is 8.36. The number of aliphatic hydroxyl groups excluding tert-OH is 1. The van der Waals surface area contributed by atoms with Gasteiger partial charge in [0, 0.05) is 18.6 Å². The van der Waals surface area contributed by atoms with E-state index in [0.29, 0.717) is 18.7 Å². The highest BCUT2D eigenvalue weighted by molar-refractivity contribution is 5.29. The second-order valence-corrected chi connectivity index (χ2v) is 6.61. The van der Waals surface area contributed by atoms with Gasteiger partial charge in [-0.1, -0.05) is 12.1 Å². The van der Waals surface area contributed by atoms with Crippen molar-refractivity contribution >= 4 is 0 Å². The molecule has 22 heavy (non-hydrogen) atoms. The summed E-state index contributed by atoms with van der Waals surface area (Å²) >= 11 is 0. The van der Waals surface area contributed by atoms with Crippen molar-refractivity contribution < 1.29 is 9.84 Å². The Morgan fingerprint density at radius 3 is 2.41 bits per heavy atom. The fourth-order valence-corrected chi connectivity index (χ4v) is 2.89. The third-order valence-corrected chi connectivity index (χ3v) is 4.37. The molecule has 1 aliphatic carbocycles. The Morgan fingerprint density at radius 2 is 1.82 bits per heavy atom. The van der Waals surface area contributed by atoms with Crippen LogP contribution in [0.2, 0.25) is 0 Å². The molecule has 1 aliphatic rings. The molecule has 4 nitrogen and oxygen atoms in total. The summed E-state index contributed by atoms with van der Waals surface area (Å²) in [6.07, 6.45) is 3.88. The number of rotatable bonds is 7. The molecule has 4 heteroatoms. The van der Waals surface area contributed by atoms with Gasteiger partial charge in [-0.3, -0.25) is 0 Å². The quantitative estimate of drug-likeness (QED) is 0.813. The van der Waals surface area contributed by atoms with Gasteiger partial charge in [-0.05, 0) is 64.4 Å². The first kappa shape index (κ1) is 17.3. The minimum atomic E-state index is -0.0908. The number of nitrogens with zero attached hydrogens (tertiary/aromatic N) is 1. The molecule has 1 aromatic carbocycles. The van der Waals surface area contributed by atoms with Gasteiger partial charge in [0.25, 0.3) is 0 Å². The first-order chi connectivity index (χ1) is 10.5. The van der Waals surface area contributed by atoms with Gasteiger partial charge in [0.05, 0.1) is 6.10 Å².